The predicted octanol–water partition coefficient (Wildman–Crippen LogP) is 6.44. The fourth-order valence-corrected chi connectivity index (χ4v) is 9.53. The van der Waals surface area contributed by atoms with Crippen LogP contribution < -0.4 is 10.2 Å². The van der Waals surface area contributed by atoms with E-state index in [1.165, 1.54) is 47.6 Å². The van der Waals surface area contributed by atoms with Gasteiger partial charge in [0.05, 0.1) is 42.5 Å². The summed E-state index contributed by atoms with van der Waals surface area (Å²) in [7, 11) is 1.42. The number of carbonyl (C=O) groups is 4. The number of anilines is 1. The minimum absolute atomic E-state index is 0.0922. The number of phenols is 1. The topological polar surface area (TPSA) is 116 Å². The summed E-state index contributed by atoms with van der Waals surface area (Å²) in [5.41, 5.74) is 3.16. The quantitative estimate of drug-likeness (QED) is 0.168. The van der Waals surface area contributed by atoms with E-state index >= 15 is 4.79 Å². The van der Waals surface area contributed by atoms with Crippen molar-refractivity contribution in [3.8, 4) is 11.5 Å². The Bertz CT molecular complexity index is 2070. The molecule has 2 aliphatic carbocycles. The number of hydrogen-bond donors (Lipinski definition) is 2. The fourth-order valence-electron chi connectivity index (χ4n) is 8.72. The Kier molecular flexibility index (Phi) is 7.80. The van der Waals surface area contributed by atoms with Crippen molar-refractivity contribution in [3.63, 3.8) is 0 Å². The number of halogens is 2. The Morgan fingerprint density at radius 2 is 1.72 bits per heavy atom. The second-order valence-electron chi connectivity index (χ2n) is 13.1. The Balaban J connectivity index is 1.33. The maximum Gasteiger partial charge on any atom is 0.260 e. The van der Waals surface area contributed by atoms with Crippen molar-refractivity contribution in [1.29, 1.82) is 0 Å². The molecule has 12 heteroatoms. The van der Waals surface area contributed by atoms with Crippen molar-refractivity contribution in [1.82, 2.24) is 9.91 Å². The van der Waals surface area contributed by atoms with Gasteiger partial charge in [0.25, 0.3) is 11.8 Å². The third kappa shape index (κ3) is 4.70. The molecule has 0 bridgehead atoms. The number of rotatable bonds is 7. The van der Waals surface area contributed by atoms with Crippen LogP contribution in [0.3, 0.4) is 0 Å². The van der Waals surface area contributed by atoms with Gasteiger partial charge >= 0.3 is 0 Å². The van der Waals surface area contributed by atoms with Gasteiger partial charge in [-0.3, -0.25) is 29.5 Å². The Morgan fingerprint density at radius 1 is 0.960 bits per heavy atom. The number of nitrogens with zero attached hydrogens (tertiary/aromatic N) is 2. The average Bonchev–Trinajstić information content (AvgIpc) is 3.78. The summed E-state index contributed by atoms with van der Waals surface area (Å²) in [6, 6.07) is 20.8. The molecule has 0 spiro atoms. The van der Waals surface area contributed by atoms with Crippen LogP contribution in [-0.4, -0.2) is 45.8 Å². The van der Waals surface area contributed by atoms with Crippen LogP contribution in [0.25, 0.3) is 0 Å². The van der Waals surface area contributed by atoms with E-state index in [2.05, 4.69) is 5.43 Å². The molecule has 3 aromatic carbocycles. The molecule has 6 atom stereocenters. The first kappa shape index (κ1) is 32.2. The molecule has 8 rings (SSSR count). The zero-order chi connectivity index (χ0) is 34.9. The second-order valence-corrected chi connectivity index (χ2v) is 14.6. The number of nitrogens with one attached hydrogen (secondary N) is 1. The van der Waals surface area contributed by atoms with Crippen molar-refractivity contribution in [2.24, 2.45) is 23.7 Å². The van der Waals surface area contributed by atoms with Crippen molar-refractivity contribution < 1.29 is 33.4 Å². The average molecular weight is 712 g/mol. The minimum atomic E-state index is -1.62. The van der Waals surface area contributed by atoms with Crippen LogP contribution in [0, 0.1) is 29.5 Å². The molecule has 2 saturated heterocycles. The normalized spacial score (nSPS) is 27.2. The molecule has 3 heterocycles. The zero-order valence-corrected chi connectivity index (χ0v) is 28.3. The first-order valence-corrected chi connectivity index (χ1v) is 17.5. The lowest BCUT2D eigenvalue weighted by Gasteiger charge is -2.50. The number of allylic oxidation sites excluding steroid dienone is 2. The van der Waals surface area contributed by atoms with Crippen molar-refractivity contribution in [2.75, 3.05) is 12.5 Å². The number of carbonyl (C=O) groups excluding carboxylic acids is 4. The van der Waals surface area contributed by atoms with Gasteiger partial charge in [-0.2, -0.15) is 5.01 Å². The third-order valence-electron chi connectivity index (χ3n) is 10.8. The van der Waals surface area contributed by atoms with E-state index in [-0.39, 0.29) is 42.7 Å². The molecule has 0 radical (unpaired) electrons. The lowest BCUT2D eigenvalue weighted by molar-refractivity contribution is -0.141. The molecule has 9 nitrogen and oxygen atoms in total. The Hall–Kier alpha value is -5.00. The highest BCUT2D eigenvalue weighted by atomic mass is 35.5. The first-order valence-electron chi connectivity index (χ1n) is 16.2. The Morgan fingerprint density at radius 3 is 2.42 bits per heavy atom. The fraction of sp³-hybridized carbons (Fsp3) is 0.263. The molecule has 1 aromatic heterocycles. The number of fused-ring (bicyclic) bond motifs is 4. The minimum Gasteiger partial charge on any atom is -0.504 e. The van der Waals surface area contributed by atoms with E-state index in [4.69, 9.17) is 16.3 Å². The maximum atomic E-state index is 15.2. The van der Waals surface area contributed by atoms with Gasteiger partial charge in [-0.1, -0.05) is 53.6 Å². The zero-order valence-electron chi connectivity index (χ0n) is 26.7. The number of benzene rings is 3. The molecule has 2 aliphatic heterocycles. The molecule has 4 aromatic rings. The molecule has 4 amide bonds. The number of ether oxygens (including phenoxy) is 1. The molecule has 6 unspecified atom stereocenters. The van der Waals surface area contributed by atoms with Gasteiger partial charge in [0, 0.05) is 21.4 Å². The monoisotopic (exact) mass is 711 g/mol. The Labute approximate surface area is 295 Å². The molecule has 4 aliphatic rings. The lowest BCUT2D eigenvalue weighted by atomic mass is 9.49. The van der Waals surface area contributed by atoms with Gasteiger partial charge in [0.1, 0.15) is 5.82 Å². The lowest BCUT2D eigenvalue weighted by Crippen LogP contribution is -2.53. The summed E-state index contributed by atoms with van der Waals surface area (Å²) < 4.78 is 19.3. The summed E-state index contributed by atoms with van der Waals surface area (Å²) in [4.78, 5) is 60.2. The van der Waals surface area contributed by atoms with Crippen LogP contribution in [0.2, 0.25) is 5.02 Å². The number of hydrogen-bond acceptors (Lipinski definition) is 8. The number of thiophene rings is 1. The van der Waals surface area contributed by atoms with Gasteiger partial charge in [0.15, 0.2) is 11.5 Å². The van der Waals surface area contributed by atoms with Crippen LogP contribution in [-0.2, 0) is 31.1 Å². The molecule has 1 saturated carbocycles. The van der Waals surface area contributed by atoms with Crippen LogP contribution in [0.5, 0.6) is 11.5 Å². The standard InChI is InChI=1S/C38H31ClFN3O6S/c1-49-30-6-2-5-27(33(30)44)32-25-15-16-26-31(36(47)42(34(26)45)19-24-4-3-17-50-24)28(25)18-29-35(46)43(41-23-13-11-22(40)12-14-23)37(48)38(29,32)20-7-9-21(39)10-8-20/h2-15,17,26,28-29,31-32,41,44H,16,18-19H2,1H3. The van der Waals surface area contributed by atoms with Gasteiger partial charge in [-0.25, -0.2) is 4.39 Å². The number of para-hydroxylation sites is 1. The van der Waals surface area contributed by atoms with Crippen molar-refractivity contribution >= 4 is 52.3 Å². The number of imide groups is 2. The summed E-state index contributed by atoms with van der Waals surface area (Å²) in [5.74, 6) is -6.17. The molecular weight excluding hydrogens is 681 g/mol. The molecule has 254 valence electrons. The highest BCUT2D eigenvalue weighted by Gasteiger charge is 2.70. The van der Waals surface area contributed by atoms with Crippen LogP contribution in [0.1, 0.15) is 34.8 Å². The smallest absolute Gasteiger partial charge is 0.260 e. The number of methoxy groups -OCH3 is 1. The largest absolute Gasteiger partial charge is 0.504 e. The molecule has 50 heavy (non-hydrogen) atoms. The van der Waals surface area contributed by atoms with Crippen LogP contribution in [0.15, 0.2) is 95.9 Å². The summed E-state index contributed by atoms with van der Waals surface area (Å²) >= 11 is 7.80. The van der Waals surface area contributed by atoms with Crippen LogP contribution >= 0.6 is 22.9 Å². The number of aromatic hydroxyl groups is 1. The predicted molar refractivity (Wildman–Crippen MR) is 184 cm³/mol. The highest BCUT2D eigenvalue weighted by molar-refractivity contribution is 7.09. The van der Waals surface area contributed by atoms with Crippen LogP contribution in [0.4, 0.5) is 10.1 Å². The summed E-state index contributed by atoms with van der Waals surface area (Å²) in [6.45, 7) is 0.162. The van der Waals surface area contributed by atoms with Gasteiger partial charge in [-0.05, 0) is 78.2 Å². The first-order chi connectivity index (χ1) is 24.1. The van der Waals surface area contributed by atoms with Gasteiger partial charge in [-0.15, -0.1) is 11.3 Å². The third-order valence-corrected chi connectivity index (χ3v) is 11.9. The number of amides is 4. The summed E-state index contributed by atoms with van der Waals surface area (Å²) in [6.07, 6.45) is 2.27. The second kappa shape index (κ2) is 12.1. The number of likely N-dealkylation sites (tertiary alicyclic amines) is 1. The van der Waals surface area contributed by atoms with E-state index in [0.29, 0.717) is 27.4 Å². The maximum absolute atomic E-state index is 15.2. The van der Waals surface area contributed by atoms with E-state index in [1.807, 2.05) is 23.6 Å². The van der Waals surface area contributed by atoms with E-state index in [0.717, 1.165) is 9.89 Å². The van der Waals surface area contributed by atoms with E-state index in [1.54, 1.807) is 42.5 Å². The number of phenolic OH excluding ortho intramolecular Hbond substituents is 1. The number of hydrazine groups is 1. The van der Waals surface area contributed by atoms with Crippen molar-refractivity contribution in [2.45, 2.75) is 30.7 Å². The molecule has 3 fully saturated rings. The molecular formula is C38H31ClFN3O6S. The highest BCUT2D eigenvalue weighted by Crippen LogP contribution is 2.65. The molecule has 2 N–H and O–H groups in total. The van der Waals surface area contributed by atoms with Gasteiger partial charge < -0.3 is 9.84 Å². The summed E-state index contributed by atoms with van der Waals surface area (Å²) in [5, 5.41) is 15.0. The SMILES string of the molecule is COc1cccc(C2C3=CCC4C(=O)N(Cc5cccs5)C(=O)C4C3CC3C(=O)N(Nc4ccc(F)cc4)C(=O)C32c2ccc(Cl)cc2)c1O. The van der Waals surface area contributed by atoms with Crippen molar-refractivity contribution in [3.05, 3.63) is 123 Å². The van der Waals surface area contributed by atoms with E-state index in [9.17, 15) is 23.9 Å². The van der Waals surface area contributed by atoms with Gasteiger partial charge in [0.2, 0.25) is 11.8 Å². The van der Waals surface area contributed by atoms with E-state index < -0.39 is 52.6 Å².